The Morgan fingerprint density at radius 2 is 2.20 bits per heavy atom. The number of fused-ring (bicyclic) bond motifs is 1. The second kappa shape index (κ2) is 5.61. The average Bonchev–Trinajstić information content (AvgIpc) is 3.06. The van der Waals surface area contributed by atoms with Crippen molar-refractivity contribution in [2.45, 2.75) is 30.4 Å². The molecule has 2 saturated heterocycles. The summed E-state index contributed by atoms with van der Waals surface area (Å²) in [6.45, 7) is 1.15. The molecule has 2 aromatic rings. The van der Waals surface area contributed by atoms with Gasteiger partial charge in [0.15, 0.2) is 6.29 Å². The molecule has 0 amide bonds. The molecule has 25 heavy (non-hydrogen) atoms. The van der Waals surface area contributed by atoms with Gasteiger partial charge in [-0.05, 0) is 47.3 Å². The van der Waals surface area contributed by atoms with Crippen molar-refractivity contribution in [1.82, 2.24) is 4.98 Å². The highest BCUT2D eigenvalue weighted by molar-refractivity contribution is 9.10. The highest BCUT2D eigenvalue weighted by Crippen LogP contribution is 2.58. The molecule has 2 atom stereocenters. The SMILES string of the molecule is O=Cc1ccccc1N1OC[C@H]2CC3(CC3)OC[C@]21c1nc(Br)cs1. The van der Waals surface area contributed by atoms with E-state index >= 15 is 0 Å². The molecule has 1 aliphatic carbocycles. The molecular formula is C18H17BrN2O3S. The first-order valence-corrected chi connectivity index (χ1v) is 10.1. The van der Waals surface area contributed by atoms with Crippen LogP contribution in [0.4, 0.5) is 5.69 Å². The average molecular weight is 421 g/mol. The van der Waals surface area contributed by atoms with E-state index in [2.05, 4.69) is 15.9 Å². The van der Waals surface area contributed by atoms with Crippen LogP contribution in [0.25, 0.3) is 0 Å². The molecular weight excluding hydrogens is 404 g/mol. The summed E-state index contributed by atoms with van der Waals surface area (Å²) in [7, 11) is 0. The number of nitrogens with zero attached hydrogens (tertiary/aromatic N) is 2. The van der Waals surface area contributed by atoms with Crippen LogP contribution in [0.1, 0.15) is 34.6 Å². The predicted molar refractivity (Wildman–Crippen MR) is 97.8 cm³/mol. The van der Waals surface area contributed by atoms with Gasteiger partial charge in [-0.2, -0.15) is 0 Å². The Morgan fingerprint density at radius 3 is 2.92 bits per heavy atom. The number of hydrogen-bond donors (Lipinski definition) is 0. The van der Waals surface area contributed by atoms with Gasteiger partial charge in [-0.3, -0.25) is 9.63 Å². The molecule has 0 bridgehead atoms. The fourth-order valence-corrected chi connectivity index (χ4v) is 5.58. The molecule has 5 nitrogen and oxygen atoms in total. The molecule has 3 fully saturated rings. The van der Waals surface area contributed by atoms with Crippen molar-refractivity contribution >= 4 is 39.2 Å². The molecule has 3 aliphatic rings. The maximum absolute atomic E-state index is 11.6. The monoisotopic (exact) mass is 420 g/mol. The minimum atomic E-state index is -0.483. The number of hydrogen-bond acceptors (Lipinski definition) is 6. The van der Waals surface area contributed by atoms with Crippen LogP contribution in [0.2, 0.25) is 0 Å². The zero-order chi connectivity index (χ0) is 17.1. The van der Waals surface area contributed by atoms with Gasteiger partial charge >= 0.3 is 0 Å². The number of ether oxygens (including phenoxy) is 1. The van der Waals surface area contributed by atoms with E-state index in [1.165, 1.54) is 0 Å². The summed E-state index contributed by atoms with van der Waals surface area (Å²) in [6, 6.07) is 7.54. The molecule has 1 saturated carbocycles. The lowest BCUT2D eigenvalue weighted by Gasteiger charge is -2.44. The van der Waals surface area contributed by atoms with Crippen LogP contribution in [-0.4, -0.2) is 30.1 Å². The Hall–Kier alpha value is -1.28. The summed E-state index contributed by atoms with van der Waals surface area (Å²) in [6.07, 6.45) is 4.12. The first-order valence-electron chi connectivity index (χ1n) is 8.40. The molecule has 3 heterocycles. The van der Waals surface area contributed by atoms with Gasteiger partial charge in [0.25, 0.3) is 0 Å². The highest BCUT2D eigenvalue weighted by atomic mass is 79.9. The number of thiazole rings is 1. The van der Waals surface area contributed by atoms with E-state index in [1.807, 2.05) is 34.7 Å². The number of benzene rings is 1. The van der Waals surface area contributed by atoms with Crippen molar-refractivity contribution in [3.8, 4) is 0 Å². The summed E-state index contributed by atoms with van der Waals surface area (Å²) in [5.41, 5.74) is 0.960. The fourth-order valence-electron chi connectivity index (χ4n) is 4.08. The van der Waals surface area contributed by atoms with Gasteiger partial charge in [0.1, 0.15) is 15.1 Å². The van der Waals surface area contributed by atoms with E-state index in [1.54, 1.807) is 11.3 Å². The van der Waals surface area contributed by atoms with Crippen LogP contribution in [-0.2, 0) is 15.1 Å². The minimum absolute atomic E-state index is 0.0478. The Kier molecular flexibility index (Phi) is 3.57. The van der Waals surface area contributed by atoms with E-state index in [4.69, 9.17) is 14.6 Å². The summed E-state index contributed by atoms with van der Waals surface area (Å²) in [5, 5.41) is 4.85. The first kappa shape index (κ1) is 15.9. The molecule has 0 radical (unpaired) electrons. The van der Waals surface area contributed by atoms with Crippen LogP contribution in [0.5, 0.6) is 0 Å². The van der Waals surface area contributed by atoms with Gasteiger partial charge in [0, 0.05) is 16.9 Å². The molecule has 1 aromatic carbocycles. The lowest BCUT2D eigenvalue weighted by atomic mass is 9.79. The smallest absolute Gasteiger partial charge is 0.152 e. The number of halogens is 1. The number of aldehydes is 1. The third kappa shape index (κ3) is 2.33. The molecule has 7 heteroatoms. The maximum atomic E-state index is 11.6. The van der Waals surface area contributed by atoms with Gasteiger partial charge < -0.3 is 4.74 Å². The quantitative estimate of drug-likeness (QED) is 0.703. The zero-order valence-electron chi connectivity index (χ0n) is 13.5. The Bertz CT molecular complexity index is 837. The lowest BCUT2D eigenvalue weighted by Crippen LogP contribution is -2.54. The number of hydroxylamine groups is 1. The zero-order valence-corrected chi connectivity index (χ0v) is 15.9. The molecule has 0 N–H and O–H groups in total. The third-order valence-corrected chi connectivity index (χ3v) is 7.31. The predicted octanol–water partition coefficient (Wildman–Crippen LogP) is 3.93. The van der Waals surface area contributed by atoms with E-state index in [0.29, 0.717) is 24.7 Å². The number of aromatic nitrogens is 1. The van der Waals surface area contributed by atoms with Crippen LogP contribution in [0.3, 0.4) is 0 Å². The van der Waals surface area contributed by atoms with Gasteiger partial charge in [-0.1, -0.05) is 12.1 Å². The van der Waals surface area contributed by atoms with Crippen LogP contribution < -0.4 is 5.06 Å². The molecule has 1 aromatic heterocycles. The summed E-state index contributed by atoms with van der Waals surface area (Å²) < 4.78 is 7.15. The van der Waals surface area contributed by atoms with Crippen molar-refractivity contribution in [2.24, 2.45) is 5.92 Å². The molecule has 1 spiro atoms. The third-order valence-electron chi connectivity index (χ3n) is 5.60. The fraction of sp³-hybridized carbons (Fsp3) is 0.444. The van der Waals surface area contributed by atoms with Gasteiger partial charge in [0.2, 0.25) is 0 Å². The lowest BCUT2D eigenvalue weighted by molar-refractivity contribution is -0.0688. The Balaban J connectivity index is 1.64. The van der Waals surface area contributed by atoms with Crippen LogP contribution >= 0.6 is 27.3 Å². The number of anilines is 1. The van der Waals surface area contributed by atoms with Gasteiger partial charge in [0.05, 0.1) is 24.5 Å². The van der Waals surface area contributed by atoms with Crippen LogP contribution in [0.15, 0.2) is 34.2 Å². The van der Waals surface area contributed by atoms with E-state index in [9.17, 15) is 4.79 Å². The standard InChI is InChI=1S/C18H17BrN2O3S/c19-15-10-25-16(20-15)18-11-23-17(5-6-17)7-13(18)9-24-21(18)14-4-2-1-3-12(14)8-22/h1-4,8,10,13H,5-7,9,11H2/t13-,18-/m1/s1. The number of para-hydroxylation sites is 1. The second-order valence-corrected chi connectivity index (χ2v) is 8.71. The summed E-state index contributed by atoms with van der Waals surface area (Å²) in [4.78, 5) is 22.4. The molecule has 2 aliphatic heterocycles. The number of carbonyl (C=O) groups excluding carboxylic acids is 1. The first-order chi connectivity index (χ1) is 12.2. The maximum Gasteiger partial charge on any atom is 0.152 e. The van der Waals surface area contributed by atoms with E-state index < -0.39 is 5.54 Å². The van der Waals surface area contributed by atoms with Crippen molar-refractivity contribution in [3.63, 3.8) is 0 Å². The molecule has 0 unspecified atom stereocenters. The minimum Gasteiger partial charge on any atom is -0.372 e. The van der Waals surface area contributed by atoms with Crippen molar-refractivity contribution in [1.29, 1.82) is 0 Å². The summed E-state index contributed by atoms with van der Waals surface area (Å²) in [5.74, 6) is 0.293. The van der Waals surface area contributed by atoms with Crippen molar-refractivity contribution in [3.05, 3.63) is 44.8 Å². The molecule has 130 valence electrons. The van der Waals surface area contributed by atoms with Gasteiger partial charge in [-0.25, -0.2) is 10.0 Å². The number of carbonyl (C=O) groups is 1. The van der Waals surface area contributed by atoms with Crippen molar-refractivity contribution in [2.75, 3.05) is 18.3 Å². The summed E-state index contributed by atoms with van der Waals surface area (Å²) >= 11 is 5.08. The topological polar surface area (TPSA) is 51.7 Å². The van der Waals surface area contributed by atoms with Crippen molar-refractivity contribution < 1.29 is 14.4 Å². The van der Waals surface area contributed by atoms with Crippen LogP contribution in [0, 0.1) is 5.92 Å². The van der Waals surface area contributed by atoms with E-state index in [-0.39, 0.29) is 5.60 Å². The number of rotatable bonds is 3. The Labute approximate surface area is 158 Å². The van der Waals surface area contributed by atoms with Gasteiger partial charge in [-0.15, -0.1) is 11.3 Å². The van der Waals surface area contributed by atoms with E-state index in [0.717, 1.165) is 40.8 Å². The Morgan fingerprint density at radius 1 is 1.36 bits per heavy atom. The molecule has 5 rings (SSSR count). The normalized spacial score (nSPS) is 29.6. The highest BCUT2D eigenvalue weighted by Gasteiger charge is 2.63. The largest absolute Gasteiger partial charge is 0.372 e. The second-order valence-electron chi connectivity index (χ2n) is 7.04.